The number of H-pyrrole nitrogens is 2. The van der Waals surface area contributed by atoms with Gasteiger partial charge < -0.3 is 15.3 Å². The smallest absolute Gasteiger partial charge is 0.183 e. The molecule has 0 unspecified atom stereocenters. The molecule has 3 N–H and O–H groups in total. The second-order valence-corrected chi connectivity index (χ2v) is 6.70. The summed E-state index contributed by atoms with van der Waals surface area (Å²) in [5.74, 6) is 2.09. The van der Waals surface area contributed by atoms with Crippen LogP contribution in [0.15, 0.2) is 54.9 Å². The Morgan fingerprint density at radius 2 is 1.93 bits per heavy atom. The van der Waals surface area contributed by atoms with E-state index in [4.69, 9.17) is 0 Å². The van der Waals surface area contributed by atoms with E-state index < -0.39 is 0 Å². The molecule has 0 saturated carbocycles. The number of hydrogen-bond donors (Lipinski definition) is 3. The van der Waals surface area contributed by atoms with Crippen LogP contribution in [-0.4, -0.2) is 35.7 Å². The van der Waals surface area contributed by atoms with Gasteiger partial charge in [0.05, 0.1) is 17.6 Å². The Kier molecular flexibility index (Phi) is 4.02. The molecular formula is C21H17N7O. The van der Waals surface area contributed by atoms with Crippen molar-refractivity contribution in [2.45, 2.75) is 13.5 Å². The number of fused-ring (bicyclic) bond motifs is 2. The number of hydrogen-bond acceptors (Lipinski definition) is 6. The first-order chi connectivity index (χ1) is 14.2. The van der Waals surface area contributed by atoms with Crippen molar-refractivity contribution in [1.82, 2.24) is 29.9 Å². The van der Waals surface area contributed by atoms with Gasteiger partial charge in [-0.15, -0.1) is 0 Å². The highest BCUT2D eigenvalue weighted by atomic mass is 16.1. The number of carbonyl (C=O) groups excluding carboxylic acids is 1. The molecule has 3 heterocycles. The Hall–Kier alpha value is -4.07. The van der Waals surface area contributed by atoms with Crippen molar-refractivity contribution in [2.75, 3.05) is 5.32 Å². The predicted molar refractivity (Wildman–Crippen MR) is 111 cm³/mol. The van der Waals surface area contributed by atoms with Crippen LogP contribution in [0.3, 0.4) is 0 Å². The van der Waals surface area contributed by atoms with Crippen molar-refractivity contribution >= 4 is 33.8 Å². The molecule has 142 valence electrons. The maximum absolute atomic E-state index is 11.7. The minimum Gasteiger partial charge on any atom is -0.361 e. The minimum atomic E-state index is 0.0101. The molecule has 2 aromatic carbocycles. The van der Waals surface area contributed by atoms with Crippen molar-refractivity contribution in [3.05, 3.63) is 66.2 Å². The van der Waals surface area contributed by atoms with Crippen LogP contribution in [0, 0.1) is 0 Å². The second-order valence-electron chi connectivity index (χ2n) is 6.70. The molecule has 8 nitrogen and oxygen atoms in total. The fraction of sp³-hybridized carbons (Fsp3) is 0.0952. The topological polar surface area (TPSA) is 112 Å². The fourth-order valence-electron chi connectivity index (χ4n) is 3.24. The predicted octanol–water partition coefficient (Wildman–Crippen LogP) is 3.71. The van der Waals surface area contributed by atoms with Gasteiger partial charge in [-0.05, 0) is 25.1 Å². The number of ketones is 1. The van der Waals surface area contributed by atoms with Crippen LogP contribution in [0.5, 0.6) is 0 Å². The minimum absolute atomic E-state index is 0.0101. The molecule has 0 bridgehead atoms. The molecule has 0 radical (unpaired) electrons. The van der Waals surface area contributed by atoms with Gasteiger partial charge >= 0.3 is 0 Å². The third-order valence-corrected chi connectivity index (χ3v) is 4.69. The van der Waals surface area contributed by atoms with E-state index in [2.05, 4.69) is 35.2 Å². The van der Waals surface area contributed by atoms with Gasteiger partial charge in [0.25, 0.3) is 0 Å². The van der Waals surface area contributed by atoms with Crippen molar-refractivity contribution in [3.8, 4) is 11.4 Å². The number of anilines is 1. The van der Waals surface area contributed by atoms with Crippen LogP contribution >= 0.6 is 0 Å². The average Bonchev–Trinajstić information content (AvgIpc) is 3.36. The summed E-state index contributed by atoms with van der Waals surface area (Å²) in [6, 6.07) is 15.2. The van der Waals surface area contributed by atoms with E-state index in [0.717, 1.165) is 22.4 Å². The summed E-state index contributed by atoms with van der Waals surface area (Å²) in [6.07, 6.45) is 1.47. The van der Waals surface area contributed by atoms with Gasteiger partial charge in [0.15, 0.2) is 17.2 Å². The standard InChI is InChI=1S/C21H17N7O/c1-12(29)13-5-4-6-14(9-13)19-27-18-20(23-11-24-21(18)28-19)22-10-17-25-15-7-2-3-8-16(15)26-17/h2-9,11H,10H2,1H3,(H,25,26)(H2,22,23,24,27,28). The Bertz CT molecular complexity index is 1320. The Balaban J connectivity index is 1.45. The molecule has 0 saturated heterocycles. The van der Waals surface area contributed by atoms with Crippen molar-refractivity contribution in [3.63, 3.8) is 0 Å². The van der Waals surface area contributed by atoms with Gasteiger partial charge in [0.1, 0.15) is 23.5 Å². The summed E-state index contributed by atoms with van der Waals surface area (Å²) in [7, 11) is 0. The van der Waals surface area contributed by atoms with Crippen LogP contribution in [0.1, 0.15) is 23.1 Å². The SMILES string of the molecule is CC(=O)c1cccc(-c2nc3ncnc(NCc4nc5ccccc5[nH]4)c3[nH]2)c1. The molecule has 0 aliphatic rings. The first-order valence-electron chi connectivity index (χ1n) is 9.17. The highest BCUT2D eigenvalue weighted by Gasteiger charge is 2.12. The number of rotatable bonds is 5. The molecule has 8 heteroatoms. The lowest BCUT2D eigenvalue weighted by Gasteiger charge is -2.03. The normalized spacial score (nSPS) is 11.2. The number of carbonyl (C=O) groups is 1. The number of aromatic nitrogens is 6. The van der Waals surface area contributed by atoms with Gasteiger partial charge in [-0.2, -0.15) is 0 Å². The Morgan fingerprint density at radius 3 is 2.79 bits per heavy atom. The summed E-state index contributed by atoms with van der Waals surface area (Å²) in [5, 5.41) is 3.29. The number of nitrogens with one attached hydrogen (secondary N) is 3. The number of para-hydroxylation sites is 2. The van der Waals surface area contributed by atoms with Gasteiger partial charge in [0, 0.05) is 11.1 Å². The molecule has 0 amide bonds. The largest absolute Gasteiger partial charge is 0.361 e. The third kappa shape index (κ3) is 3.20. The van der Waals surface area contributed by atoms with Crippen LogP contribution in [0.2, 0.25) is 0 Å². The monoisotopic (exact) mass is 383 g/mol. The molecule has 0 aliphatic heterocycles. The van der Waals surface area contributed by atoms with E-state index in [1.54, 1.807) is 13.0 Å². The van der Waals surface area contributed by atoms with E-state index in [0.29, 0.717) is 34.9 Å². The first-order valence-corrected chi connectivity index (χ1v) is 9.17. The quantitative estimate of drug-likeness (QED) is 0.399. The highest BCUT2D eigenvalue weighted by molar-refractivity contribution is 5.95. The molecule has 5 rings (SSSR count). The number of imidazole rings is 2. The molecule has 3 aromatic heterocycles. The molecule has 29 heavy (non-hydrogen) atoms. The zero-order valence-electron chi connectivity index (χ0n) is 15.6. The van der Waals surface area contributed by atoms with Gasteiger partial charge in [-0.1, -0.05) is 30.3 Å². The van der Waals surface area contributed by atoms with E-state index in [-0.39, 0.29) is 5.78 Å². The number of nitrogens with zero attached hydrogens (tertiary/aromatic N) is 4. The highest BCUT2D eigenvalue weighted by Crippen LogP contribution is 2.24. The number of Topliss-reactive ketones (excluding diaryl/α,β-unsaturated/α-hetero) is 1. The molecule has 0 aliphatic carbocycles. The molecular weight excluding hydrogens is 366 g/mol. The van der Waals surface area contributed by atoms with Crippen molar-refractivity contribution in [2.24, 2.45) is 0 Å². The van der Waals surface area contributed by atoms with Gasteiger partial charge in [-0.25, -0.2) is 19.9 Å². The lowest BCUT2D eigenvalue weighted by atomic mass is 10.1. The van der Waals surface area contributed by atoms with E-state index in [9.17, 15) is 4.79 Å². The molecule has 5 aromatic rings. The van der Waals surface area contributed by atoms with Crippen LogP contribution < -0.4 is 5.32 Å². The van der Waals surface area contributed by atoms with Crippen molar-refractivity contribution < 1.29 is 4.79 Å². The van der Waals surface area contributed by atoms with E-state index in [1.807, 2.05) is 42.5 Å². The average molecular weight is 383 g/mol. The molecule has 0 spiro atoms. The van der Waals surface area contributed by atoms with Gasteiger partial charge in [0.2, 0.25) is 0 Å². The summed E-state index contributed by atoms with van der Waals surface area (Å²) < 4.78 is 0. The zero-order valence-corrected chi connectivity index (χ0v) is 15.6. The van der Waals surface area contributed by atoms with Crippen LogP contribution in [0.25, 0.3) is 33.6 Å². The summed E-state index contributed by atoms with van der Waals surface area (Å²) in [5.41, 5.74) is 4.62. The van der Waals surface area contributed by atoms with E-state index >= 15 is 0 Å². The van der Waals surface area contributed by atoms with Crippen LogP contribution in [0.4, 0.5) is 5.82 Å². The fourth-order valence-corrected chi connectivity index (χ4v) is 3.24. The van der Waals surface area contributed by atoms with E-state index in [1.165, 1.54) is 6.33 Å². The summed E-state index contributed by atoms with van der Waals surface area (Å²) >= 11 is 0. The number of benzene rings is 2. The number of aromatic amines is 2. The first kappa shape index (κ1) is 17.1. The van der Waals surface area contributed by atoms with Crippen molar-refractivity contribution in [1.29, 1.82) is 0 Å². The summed E-state index contributed by atoms with van der Waals surface area (Å²) in [6.45, 7) is 2.03. The second kappa shape index (κ2) is 6.83. The molecule has 0 atom stereocenters. The van der Waals surface area contributed by atoms with Crippen LogP contribution in [-0.2, 0) is 6.54 Å². The lowest BCUT2D eigenvalue weighted by molar-refractivity contribution is 0.101. The third-order valence-electron chi connectivity index (χ3n) is 4.69. The Labute approximate surface area is 165 Å². The molecule has 0 fully saturated rings. The zero-order chi connectivity index (χ0) is 19.8. The lowest BCUT2D eigenvalue weighted by Crippen LogP contribution is -2.04. The Morgan fingerprint density at radius 1 is 1.03 bits per heavy atom. The summed E-state index contributed by atoms with van der Waals surface area (Å²) in [4.78, 5) is 35.9. The maximum Gasteiger partial charge on any atom is 0.183 e. The van der Waals surface area contributed by atoms with Gasteiger partial charge in [-0.3, -0.25) is 4.79 Å². The maximum atomic E-state index is 11.7.